The second-order valence-corrected chi connectivity index (χ2v) is 2.74. The molecule has 0 spiro atoms. The summed E-state index contributed by atoms with van der Waals surface area (Å²) in [5.41, 5.74) is 0. The molecule has 0 saturated carbocycles. The molecule has 0 aromatic rings. The number of carboxylic acid groups (broad SMARTS) is 3. The summed E-state index contributed by atoms with van der Waals surface area (Å²) in [5.74, 6) is 0.0926. The summed E-state index contributed by atoms with van der Waals surface area (Å²) in [6, 6.07) is 0. The summed E-state index contributed by atoms with van der Waals surface area (Å²) in [4.78, 5) is 71.3. The van der Waals surface area contributed by atoms with Crippen LogP contribution in [0, 0.1) is 6.65 Å². The summed E-state index contributed by atoms with van der Waals surface area (Å²) in [6.45, 7) is 11.7. The number of aliphatic carboxylic acids is 1. The molecule has 236 valence electrons. The molecule has 9 N–H and O–H groups in total. The molecule has 0 aromatic carbocycles. The molecule has 0 aliphatic carbocycles. The number of methoxy groups -OCH3 is 2. The summed E-state index contributed by atoms with van der Waals surface area (Å²) in [7, 11) is 4.60. The third-order valence-electron chi connectivity index (χ3n) is 0.543. The van der Waals surface area contributed by atoms with Crippen LogP contribution >= 0.6 is 0 Å². The number of hydrogen-bond acceptors (Lipinski definition) is 11. The Hall–Kier alpha value is -4.24. The van der Waals surface area contributed by atoms with E-state index < -0.39 is 11.9 Å². The number of carboxylic acids is 1. The predicted octanol–water partition coefficient (Wildman–Crippen LogP) is -0.731. The Kier molecular flexibility index (Phi) is 550. The topological polar surface area (TPSA) is 339 Å². The fraction of sp³-hybridized carbons (Fsp3) is 0.550. The van der Waals surface area contributed by atoms with Gasteiger partial charge in [0, 0.05) is 35.0 Å². The van der Waals surface area contributed by atoms with Gasteiger partial charge in [0.1, 0.15) is 0 Å². The average Bonchev–Trinajstić information content (AvgIpc) is 2.73. The molecule has 0 saturated heterocycles. The van der Waals surface area contributed by atoms with E-state index in [1.165, 1.54) is 14.0 Å². The van der Waals surface area contributed by atoms with E-state index >= 15 is 0 Å². The molecule has 0 heterocycles. The first kappa shape index (κ1) is 103. The van der Waals surface area contributed by atoms with Gasteiger partial charge in [-0.15, -0.1) is 0 Å². The van der Waals surface area contributed by atoms with Crippen molar-refractivity contribution in [3.05, 3.63) is 6.65 Å². The van der Waals surface area contributed by atoms with E-state index in [9.17, 15) is 14.4 Å². The van der Waals surface area contributed by atoms with E-state index in [1.807, 2.05) is 13.8 Å². The van der Waals surface area contributed by atoms with Crippen molar-refractivity contribution in [2.75, 3.05) is 21.3 Å². The molecule has 0 atom stereocenters. The van der Waals surface area contributed by atoms with Gasteiger partial charge in [0.25, 0.3) is 18.9 Å². The molecule has 0 rings (SSSR count). The van der Waals surface area contributed by atoms with E-state index in [4.69, 9.17) is 43.9 Å². The second kappa shape index (κ2) is 203. The Labute approximate surface area is 223 Å². The maximum atomic E-state index is 9.59. The quantitative estimate of drug-likeness (QED) is 0.0864. The molecule has 0 bridgehead atoms. The molecule has 0 amide bonds. The normalized spacial score (nSPS) is 4.26. The molecule has 0 aliphatic rings. The van der Waals surface area contributed by atoms with Crippen LogP contribution in [0.5, 0.6) is 0 Å². The van der Waals surface area contributed by atoms with Crippen molar-refractivity contribution < 1.29 is 89.0 Å². The molecular weight excluding hydrogens is 528 g/mol. The monoisotopic (exact) mass is 576 g/mol. The Morgan fingerprint density at radius 1 is 0.737 bits per heavy atom. The Morgan fingerprint density at radius 2 is 0.868 bits per heavy atom. The molecule has 0 radical (unpaired) electrons. The van der Waals surface area contributed by atoms with Crippen molar-refractivity contribution in [2.24, 2.45) is 0 Å². The van der Waals surface area contributed by atoms with Crippen molar-refractivity contribution in [1.82, 2.24) is 0 Å². The van der Waals surface area contributed by atoms with Crippen LogP contribution in [0.4, 0.5) is 0 Å². The number of carbonyl (C=O) groups is 6. The maximum absolute atomic E-state index is 9.59. The van der Waals surface area contributed by atoms with Crippen molar-refractivity contribution in [3.63, 3.8) is 0 Å². The third-order valence-corrected chi connectivity index (χ3v) is 0.543. The molecular formula is C20H48O18. The first-order valence-electron chi connectivity index (χ1n) is 7.29. The van der Waals surface area contributed by atoms with Crippen LogP contribution in [-0.2, 0) is 57.2 Å². The van der Waals surface area contributed by atoms with Crippen LogP contribution < -0.4 is 0 Å². The van der Waals surface area contributed by atoms with Crippen molar-refractivity contribution in [3.8, 4) is 0 Å². The van der Waals surface area contributed by atoms with Gasteiger partial charge in [0.05, 0.1) is 7.11 Å². The SMILES string of the molecule is C.C.C.CC.CC(=O)O.CC(=O)OC=O.COC.COC(C)=O.O.O.O.O=C=C=O.O=CO.O=CO.[C-]#[O+]. The fourth-order valence-electron chi connectivity index (χ4n) is 0.0678. The number of ether oxygens (including phenoxy) is 3. The minimum absolute atomic E-state index is 0. The van der Waals surface area contributed by atoms with E-state index in [-0.39, 0.29) is 64.1 Å². The van der Waals surface area contributed by atoms with Crippen molar-refractivity contribution in [1.29, 1.82) is 0 Å². The molecule has 18 heteroatoms. The molecule has 0 unspecified atom stereocenters. The van der Waals surface area contributed by atoms with E-state index in [0.29, 0.717) is 0 Å². The summed E-state index contributed by atoms with van der Waals surface area (Å²) < 4.78 is 19.6. The van der Waals surface area contributed by atoms with Gasteiger partial charge in [0.15, 0.2) is 0 Å². The fourth-order valence-corrected chi connectivity index (χ4v) is 0.0678. The van der Waals surface area contributed by atoms with Crippen LogP contribution in [0.1, 0.15) is 56.9 Å². The Balaban J connectivity index is -0.0000000120. The van der Waals surface area contributed by atoms with Crippen LogP contribution in [0.3, 0.4) is 0 Å². The Bertz CT molecular complexity index is 460. The molecule has 0 aliphatic heterocycles. The van der Waals surface area contributed by atoms with Gasteiger partial charge in [-0.3, -0.25) is 28.8 Å². The molecule has 0 fully saturated rings. The summed E-state index contributed by atoms with van der Waals surface area (Å²) >= 11 is 0. The molecule has 38 heavy (non-hydrogen) atoms. The third kappa shape index (κ3) is 9700. The van der Waals surface area contributed by atoms with Crippen LogP contribution in [0.2, 0.25) is 0 Å². The minimum atomic E-state index is -0.833. The zero-order valence-electron chi connectivity index (χ0n) is 20.5. The number of rotatable bonds is 1. The summed E-state index contributed by atoms with van der Waals surface area (Å²) in [6.07, 6.45) is 0. The van der Waals surface area contributed by atoms with Crippen molar-refractivity contribution >= 4 is 49.2 Å². The standard InChI is InChI=1S/C3H4O3.C3H6O2.C2H4O2.C2O2.C2H6O.C2H6.2CH2O2.CO.3CH4.3H2O/c1-3(5)6-2-4;1-3(4)5-2;1-2(3)4;3-1-2-4;1-3-2;1-2;2*2-1-3;1-2;;;;;;/h2H,1H3;1-2H3;1H3,(H,3,4);;1-2H3;1-2H3;2*1H,(H,2,3);;3*1H4;3*1H2. The number of hydrogen-bond donors (Lipinski definition) is 3. The van der Waals surface area contributed by atoms with Gasteiger partial charge in [-0.25, -0.2) is 9.59 Å². The van der Waals surface area contributed by atoms with Crippen LogP contribution in [0.15, 0.2) is 0 Å². The first-order chi connectivity index (χ1) is 14.9. The van der Waals surface area contributed by atoms with Crippen LogP contribution in [-0.4, -0.2) is 102 Å². The van der Waals surface area contributed by atoms with E-state index in [1.54, 1.807) is 14.2 Å². The summed E-state index contributed by atoms with van der Waals surface area (Å²) in [5, 5.41) is 21.2. The van der Waals surface area contributed by atoms with Gasteiger partial charge >= 0.3 is 29.7 Å². The van der Waals surface area contributed by atoms with Gasteiger partial charge in [-0.05, 0) is 0 Å². The zero-order chi connectivity index (χ0) is 28.4. The predicted molar refractivity (Wildman–Crippen MR) is 137 cm³/mol. The van der Waals surface area contributed by atoms with E-state index in [0.717, 1.165) is 25.7 Å². The molecule has 18 nitrogen and oxygen atoms in total. The zero-order valence-corrected chi connectivity index (χ0v) is 20.5. The number of carbonyl (C=O) groups excluding carboxylic acids is 5. The van der Waals surface area contributed by atoms with Crippen LogP contribution in [0.25, 0.3) is 0 Å². The van der Waals surface area contributed by atoms with Gasteiger partial charge in [-0.1, -0.05) is 36.1 Å². The van der Waals surface area contributed by atoms with Gasteiger partial charge in [-0.2, -0.15) is 0 Å². The first-order valence-corrected chi connectivity index (χ1v) is 7.29. The van der Waals surface area contributed by atoms with Gasteiger partial charge < -0.3 is 46.0 Å². The Morgan fingerprint density at radius 3 is 0.868 bits per heavy atom. The van der Waals surface area contributed by atoms with Gasteiger partial charge in [0.2, 0.25) is 11.9 Å². The van der Waals surface area contributed by atoms with Crippen molar-refractivity contribution in [2.45, 2.75) is 56.9 Å². The number of esters is 2. The van der Waals surface area contributed by atoms with E-state index in [2.05, 4.69) is 20.9 Å². The molecule has 0 aromatic heterocycles. The second-order valence-electron chi connectivity index (χ2n) is 2.74. The average molecular weight is 577 g/mol.